The molecule has 1 unspecified atom stereocenters. The number of aryl methyl sites for hydroxylation is 1. The molecule has 0 bridgehead atoms. The van der Waals surface area contributed by atoms with E-state index in [-0.39, 0.29) is 12.0 Å². The Balaban J connectivity index is 1.34. The second kappa shape index (κ2) is 10.6. The highest BCUT2D eigenvalue weighted by atomic mass is 16.5. The number of ether oxygens (including phenoxy) is 1. The molecule has 4 aromatic rings. The van der Waals surface area contributed by atoms with E-state index in [1.807, 2.05) is 53.2 Å². The second-order valence-electron chi connectivity index (χ2n) is 8.68. The quantitative estimate of drug-likeness (QED) is 0.386. The van der Waals surface area contributed by atoms with Gasteiger partial charge in [0.25, 0.3) is 0 Å². The lowest BCUT2D eigenvalue weighted by Gasteiger charge is -2.25. The fraction of sp³-hybridized carbons (Fsp3) is 0.320. The largest absolute Gasteiger partial charge is 0.370 e. The van der Waals surface area contributed by atoms with Gasteiger partial charge in [-0.1, -0.05) is 6.07 Å². The number of hydrogen-bond donors (Lipinski definition) is 0. The molecular weight excluding hydrogens is 444 g/mol. The summed E-state index contributed by atoms with van der Waals surface area (Å²) in [6.07, 6.45) is 12.5. The first kappa shape index (κ1) is 22.9. The molecule has 10 nitrogen and oxygen atoms in total. The van der Waals surface area contributed by atoms with Crippen LogP contribution in [0, 0.1) is 0 Å². The molecule has 0 N–H and O–H groups in total. The van der Waals surface area contributed by atoms with Crippen molar-refractivity contribution >= 4 is 5.91 Å². The van der Waals surface area contributed by atoms with Gasteiger partial charge in [0.1, 0.15) is 0 Å². The fourth-order valence-corrected chi connectivity index (χ4v) is 4.28. The number of carbonyl (C=O) groups is 1. The molecule has 0 aromatic carbocycles. The Hall–Kier alpha value is -3.89. The van der Waals surface area contributed by atoms with E-state index in [2.05, 4.69) is 25.0 Å². The van der Waals surface area contributed by atoms with Crippen LogP contribution in [0.15, 0.2) is 73.7 Å². The average molecular weight is 473 g/mol. The van der Waals surface area contributed by atoms with Crippen molar-refractivity contribution in [3.05, 3.63) is 90.5 Å². The molecule has 1 fully saturated rings. The molecule has 0 saturated carbocycles. The molecule has 1 amide bonds. The van der Waals surface area contributed by atoms with E-state index in [0.717, 1.165) is 16.8 Å². The molecule has 10 heteroatoms. The lowest BCUT2D eigenvalue weighted by atomic mass is 10.2. The van der Waals surface area contributed by atoms with Gasteiger partial charge < -0.3 is 9.64 Å². The number of rotatable bonds is 8. The molecule has 1 atom stereocenters. The van der Waals surface area contributed by atoms with Crippen molar-refractivity contribution in [2.75, 3.05) is 19.6 Å². The monoisotopic (exact) mass is 472 g/mol. The van der Waals surface area contributed by atoms with Gasteiger partial charge in [0.15, 0.2) is 0 Å². The number of carbonyl (C=O) groups excluding carboxylic acids is 1. The van der Waals surface area contributed by atoms with Crippen LogP contribution in [-0.4, -0.2) is 70.7 Å². The van der Waals surface area contributed by atoms with Crippen molar-refractivity contribution in [2.45, 2.75) is 25.8 Å². The highest BCUT2D eigenvalue weighted by molar-refractivity contribution is 5.78. The lowest BCUT2D eigenvalue weighted by Crippen LogP contribution is -2.37. The third-order valence-electron chi connectivity index (χ3n) is 5.92. The van der Waals surface area contributed by atoms with Gasteiger partial charge in [-0.15, -0.1) is 0 Å². The zero-order valence-electron chi connectivity index (χ0n) is 19.6. The van der Waals surface area contributed by atoms with Gasteiger partial charge in [-0.2, -0.15) is 5.10 Å². The molecule has 1 aliphatic rings. The molecule has 35 heavy (non-hydrogen) atoms. The van der Waals surface area contributed by atoms with Crippen molar-refractivity contribution in [1.29, 1.82) is 0 Å². The van der Waals surface area contributed by atoms with Crippen LogP contribution in [0.25, 0.3) is 5.95 Å². The van der Waals surface area contributed by atoms with Crippen LogP contribution >= 0.6 is 0 Å². The predicted molar refractivity (Wildman–Crippen MR) is 128 cm³/mol. The summed E-state index contributed by atoms with van der Waals surface area (Å²) in [5.41, 5.74) is 3.01. The summed E-state index contributed by atoms with van der Waals surface area (Å²) in [5, 5.41) is 4.24. The third kappa shape index (κ3) is 5.79. The molecule has 5 heterocycles. The Bertz CT molecular complexity index is 1240. The first-order valence-corrected chi connectivity index (χ1v) is 11.6. The van der Waals surface area contributed by atoms with E-state index in [9.17, 15) is 4.79 Å². The molecule has 5 rings (SSSR count). The Labute approximate surface area is 203 Å². The minimum absolute atomic E-state index is 0.0652. The lowest BCUT2D eigenvalue weighted by molar-refractivity contribution is -0.132. The standard InChI is InChI=1S/C25H28N8O2/c1-30-13-21(12-29-30)14-32-17-23(35-19-20-5-2-7-26-11-20)16-31(18-24(32)34)15-22-6-3-10-33(22)25-27-8-4-9-28-25/h2-13,23H,14-19H2,1H3. The third-order valence-corrected chi connectivity index (χ3v) is 5.92. The van der Waals surface area contributed by atoms with Crippen LogP contribution in [0.2, 0.25) is 0 Å². The summed E-state index contributed by atoms with van der Waals surface area (Å²) in [6.45, 7) is 2.94. The van der Waals surface area contributed by atoms with Gasteiger partial charge in [-0.3, -0.25) is 23.9 Å². The second-order valence-corrected chi connectivity index (χ2v) is 8.68. The molecule has 0 spiro atoms. The van der Waals surface area contributed by atoms with Crippen LogP contribution in [-0.2, 0) is 36.3 Å². The topological polar surface area (TPSA) is 94.2 Å². The predicted octanol–water partition coefficient (Wildman–Crippen LogP) is 1.83. The highest BCUT2D eigenvalue weighted by Gasteiger charge is 2.29. The Morgan fingerprint density at radius 2 is 1.89 bits per heavy atom. The maximum atomic E-state index is 13.3. The SMILES string of the molecule is Cn1cc(CN2CC(OCc3cccnc3)CN(Cc3cccn3-c3ncccn3)CC2=O)cn1. The molecule has 1 aliphatic heterocycles. The number of nitrogens with zero attached hydrogens (tertiary/aromatic N) is 8. The molecule has 4 aromatic heterocycles. The summed E-state index contributed by atoms with van der Waals surface area (Å²) < 4.78 is 10.0. The van der Waals surface area contributed by atoms with E-state index >= 15 is 0 Å². The van der Waals surface area contributed by atoms with Gasteiger partial charge in [0.05, 0.1) is 25.5 Å². The molecule has 0 radical (unpaired) electrons. The van der Waals surface area contributed by atoms with E-state index in [4.69, 9.17) is 4.74 Å². The summed E-state index contributed by atoms with van der Waals surface area (Å²) in [6, 6.07) is 9.69. The maximum Gasteiger partial charge on any atom is 0.237 e. The summed E-state index contributed by atoms with van der Waals surface area (Å²) in [7, 11) is 1.88. The average Bonchev–Trinajstić information content (AvgIpc) is 3.48. The van der Waals surface area contributed by atoms with Crippen LogP contribution in [0.1, 0.15) is 16.8 Å². The van der Waals surface area contributed by atoms with Crippen LogP contribution in [0.3, 0.4) is 0 Å². The summed E-state index contributed by atoms with van der Waals surface area (Å²) in [4.78, 5) is 30.2. The van der Waals surface area contributed by atoms with Crippen molar-refractivity contribution < 1.29 is 9.53 Å². The van der Waals surface area contributed by atoms with Gasteiger partial charge >= 0.3 is 0 Å². The summed E-state index contributed by atoms with van der Waals surface area (Å²) >= 11 is 0. The zero-order valence-corrected chi connectivity index (χ0v) is 19.6. The minimum atomic E-state index is -0.158. The molecular formula is C25H28N8O2. The van der Waals surface area contributed by atoms with Crippen LogP contribution in [0.4, 0.5) is 0 Å². The van der Waals surface area contributed by atoms with Crippen molar-refractivity contribution in [3.63, 3.8) is 0 Å². The fourth-order valence-electron chi connectivity index (χ4n) is 4.28. The number of amides is 1. The number of aromatic nitrogens is 6. The number of hydrogen-bond acceptors (Lipinski definition) is 7. The van der Waals surface area contributed by atoms with E-state index in [1.54, 1.807) is 41.7 Å². The van der Waals surface area contributed by atoms with Gasteiger partial charge in [-0.25, -0.2) is 9.97 Å². The van der Waals surface area contributed by atoms with Crippen molar-refractivity contribution in [1.82, 2.24) is 39.1 Å². The smallest absolute Gasteiger partial charge is 0.237 e. The van der Waals surface area contributed by atoms with E-state index < -0.39 is 0 Å². The first-order valence-electron chi connectivity index (χ1n) is 11.6. The maximum absolute atomic E-state index is 13.3. The Morgan fingerprint density at radius 3 is 2.66 bits per heavy atom. The number of pyridine rings is 1. The normalized spacial score (nSPS) is 17.0. The molecule has 180 valence electrons. The van der Waals surface area contributed by atoms with Crippen molar-refractivity contribution in [2.24, 2.45) is 7.05 Å². The molecule has 0 aliphatic carbocycles. The van der Waals surface area contributed by atoms with Gasteiger partial charge in [0, 0.05) is 81.7 Å². The van der Waals surface area contributed by atoms with Crippen LogP contribution < -0.4 is 0 Å². The van der Waals surface area contributed by atoms with Crippen LogP contribution in [0.5, 0.6) is 0 Å². The minimum Gasteiger partial charge on any atom is -0.370 e. The van der Waals surface area contributed by atoms with E-state index in [0.29, 0.717) is 45.3 Å². The summed E-state index contributed by atoms with van der Waals surface area (Å²) in [5.74, 6) is 0.673. The van der Waals surface area contributed by atoms with Gasteiger partial charge in [0.2, 0.25) is 11.9 Å². The zero-order chi connectivity index (χ0) is 24.0. The van der Waals surface area contributed by atoms with E-state index in [1.165, 1.54) is 0 Å². The first-order chi connectivity index (χ1) is 17.1. The highest BCUT2D eigenvalue weighted by Crippen LogP contribution is 2.17. The van der Waals surface area contributed by atoms with Gasteiger partial charge in [-0.05, 0) is 29.8 Å². The van der Waals surface area contributed by atoms with Crippen molar-refractivity contribution in [3.8, 4) is 5.95 Å². The Kier molecular flexibility index (Phi) is 6.92. The molecule has 1 saturated heterocycles. The Morgan fingerprint density at radius 1 is 1.00 bits per heavy atom.